The van der Waals surface area contributed by atoms with E-state index in [9.17, 15) is 13.2 Å². The van der Waals surface area contributed by atoms with Crippen LogP contribution in [0.15, 0.2) is 72.8 Å². The molecule has 0 spiro atoms. The molecule has 3 aromatic carbocycles. The number of amides is 1. The van der Waals surface area contributed by atoms with Gasteiger partial charge in [0.2, 0.25) is 10.0 Å². The van der Waals surface area contributed by atoms with Crippen LogP contribution in [-0.2, 0) is 23.0 Å². The largest absolute Gasteiger partial charge is 0.346 e. The van der Waals surface area contributed by atoms with Crippen LogP contribution in [0.1, 0.15) is 46.9 Å². The summed E-state index contributed by atoms with van der Waals surface area (Å²) in [6.07, 6.45) is 2.12. The molecule has 1 atom stereocenters. The first-order chi connectivity index (χ1) is 15.2. The fraction of sp³-hybridized carbons (Fsp3) is 0.240. The maximum atomic E-state index is 12.7. The monoisotopic (exact) mass is 470 g/mol. The number of hydrogen-bond acceptors (Lipinski definition) is 3. The molecule has 0 aromatic heterocycles. The lowest BCUT2D eigenvalue weighted by atomic mass is 10.0. The van der Waals surface area contributed by atoms with E-state index in [4.69, 9.17) is 11.6 Å². The van der Waals surface area contributed by atoms with Crippen molar-refractivity contribution in [3.63, 3.8) is 0 Å². The molecule has 0 unspecified atom stereocenters. The van der Waals surface area contributed by atoms with Crippen molar-refractivity contribution >= 4 is 33.2 Å². The summed E-state index contributed by atoms with van der Waals surface area (Å²) in [4.78, 5) is 12.7. The molecule has 1 amide bonds. The number of anilines is 1. The fourth-order valence-electron chi connectivity index (χ4n) is 3.37. The van der Waals surface area contributed by atoms with Crippen LogP contribution in [0.25, 0.3) is 0 Å². The lowest BCUT2D eigenvalue weighted by molar-refractivity contribution is 0.0940. The number of rotatable bonds is 8. The lowest BCUT2D eigenvalue weighted by Crippen LogP contribution is -2.30. The third-order valence-corrected chi connectivity index (χ3v) is 6.83. The zero-order chi connectivity index (χ0) is 23.3. The molecule has 0 fully saturated rings. The van der Waals surface area contributed by atoms with Crippen molar-refractivity contribution in [2.45, 2.75) is 32.9 Å². The van der Waals surface area contributed by atoms with Gasteiger partial charge in [0.1, 0.15) is 0 Å². The quantitative estimate of drug-likeness (QED) is 0.482. The van der Waals surface area contributed by atoms with Crippen molar-refractivity contribution in [2.24, 2.45) is 0 Å². The lowest BCUT2D eigenvalue weighted by Gasteiger charge is -2.23. The van der Waals surface area contributed by atoms with Crippen LogP contribution in [0.3, 0.4) is 0 Å². The molecule has 32 heavy (non-hydrogen) atoms. The van der Waals surface area contributed by atoms with Gasteiger partial charge in [-0.05, 0) is 60.4 Å². The van der Waals surface area contributed by atoms with Crippen molar-refractivity contribution in [3.05, 3.63) is 100 Å². The zero-order valence-electron chi connectivity index (χ0n) is 18.4. The Balaban J connectivity index is 1.75. The van der Waals surface area contributed by atoms with E-state index in [1.165, 1.54) is 9.87 Å². The Hall–Kier alpha value is -2.83. The topological polar surface area (TPSA) is 66.5 Å². The van der Waals surface area contributed by atoms with E-state index in [0.717, 1.165) is 18.2 Å². The molecule has 0 aliphatic carbocycles. The Morgan fingerprint density at radius 3 is 2.19 bits per heavy atom. The Kier molecular flexibility index (Phi) is 7.59. The smallest absolute Gasteiger partial charge is 0.251 e. The van der Waals surface area contributed by atoms with Gasteiger partial charge in [-0.3, -0.25) is 9.10 Å². The molecule has 0 saturated carbocycles. The standard InChI is InChI=1S/C25H27ClN2O3S/c1-4-19-9-11-20(12-10-19)18(2)27-25(29)21-13-15-23(16-14-21)28(32(3,30)31)17-22-7-5-6-8-24(22)26/h5-16,18H,4,17H2,1-3H3,(H,27,29)/t18-/m0/s1. The molecule has 3 aromatic rings. The Morgan fingerprint density at radius 1 is 1.00 bits per heavy atom. The minimum atomic E-state index is -3.55. The predicted octanol–water partition coefficient (Wildman–Crippen LogP) is 5.36. The highest BCUT2D eigenvalue weighted by Crippen LogP contribution is 2.25. The van der Waals surface area contributed by atoms with Gasteiger partial charge in [0.05, 0.1) is 24.5 Å². The second kappa shape index (κ2) is 10.2. The summed E-state index contributed by atoms with van der Waals surface area (Å²) in [6, 6.07) is 21.6. The summed E-state index contributed by atoms with van der Waals surface area (Å²) in [5.74, 6) is -0.222. The number of hydrogen-bond donors (Lipinski definition) is 1. The van der Waals surface area contributed by atoms with Crippen LogP contribution in [0, 0.1) is 0 Å². The Bertz CT molecular complexity index is 1180. The van der Waals surface area contributed by atoms with E-state index >= 15 is 0 Å². The van der Waals surface area contributed by atoms with Crippen LogP contribution in [-0.4, -0.2) is 20.6 Å². The molecule has 0 aliphatic heterocycles. The number of aryl methyl sites for hydroxylation is 1. The number of nitrogens with zero attached hydrogens (tertiary/aromatic N) is 1. The van der Waals surface area contributed by atoms with E-state index in [1.54, 1.807) is 42.5 Å². The summed E-state index contributed by atoms with van der Waals surface area (Å²) in [7, 11) is -3.55. The first-order valence-electron chi connectivity index (χ1n) is 10.4. The molecule has 7 heteroatoms. The van der Waals surface area contributed by atoms with Gasteiger partial charge in [-0.15, -0.1) is 0 Å². The SMILES string of the molecule is CCc1ccc([C@H](C)NC(=O)c2ccc(N(Cc3ccccc3Cl)S(C)(=O)=O)cc2)cc1. The molecule has 0 aliphatic rings. The number of sulfonamides is 1. The summed E-state index contributed by atoms with van der Waals surface area (Å²) < 4.78 is 26.1. The minimum absolute atomic E-state index is 0.106. The van der Waals surface area contributed by atoms with Gasteiger partial charge in [0.25, 0.3) is 5.91 Å². The van der Waals surface area contributed by atoms with Gasteiger partial charge in [-0.2, -0.15) is 0 Å². The van der Waals surface area contributed by atoms with E-state index in [1.807, 2.05) is 25.1 Å². The second-order valence-electron chi connectivity index (χ2n) is 7.70. The Labute approximate surface area is 195 Å². The molecule has 1 N–H and O–H groups in total. The second-order valence-corrected chi connectivity index (χ2v) is 10.0. The number of carbonyl (C=O) groups excluding carboxylic acids is 1. The average Bonchev–Trinajstić information content (AvgIpc) is 2.78. The Morgan fingerprint density at radius 2 is 1.62 bits per heavy atom. The van der Waals surface area contributed by atoms with Crippen LogP contribution < -0.4 is 9.62 Å². The van der Waals surface area contributed by atoms with Crippen molar-refractivity contribution in [3.8, 4) is 0 Å². The van der Waals surface area contributed by atoms with Gasteiger partial charge >= 0.3 is 0 Å². The highest BCUT2D eigenvalue weighted by atomic mass is 35.5. The van der Waals surface area contributed by atoms with Crippen molar-refractivity contribution in [1.82, 2.24) is 5.32 Å². The first kappa shape index (κ1) is 23.8. The highest BCUT2D eigenvalue weighted by molar-refractivity contribution is 7.92. The van der Waals surface area contributed by atoms with E-state index in [0.29, 0.717) is 21.8 Å². The van der Waals surface area contributed by atoms with Gasteiger partial charge < -0.3 is 5.32 Å². The van der Waals surface area contributed by atoms with Crippen molar-refractivity contribution < 1.29 is 13.2 Å². The van der Waals surface area contributed by atoms with Gasteiger partial charge in [-0.25, -0.2) is 8.42 Å². The molecular weight excluding hydrogens is 444 g/mol. The number of benzene rings is 3. The molecule has 5 nitrogen and oxygen atoms in total. The molecular formula is C25H27ClN2O3S. The molecule has 0 bridgehead atoms. The van der Waals surface area contributed by atoms with Crippen molar-refractivity contribution in [2.75, 3.05) is 10.6 Å². The normalized spacial score (nSPS) is 12.2. The third kappa shape index (κ3) is 5.90. The van der Waals surface area contributed by atoms with Crippen molar-refractivity contribution in [1.29, 1.82) is 0 Å². The number of halogens is 1. The molecule has 0 radical (unpaired) electrons. The maximum absolute atomic E-state index is 12.7. The number of carbonyl (C=O) groups is 1. The molecule has 3 rings (SSSR count). The summed E-state index contributed by atoms with van der Waals surface area (Å²) in [6.45, 7) is 4.14. The molecule has 0 heterocycles. The fourth-order valence-corrected chi connectivity index (χ4v) is 4.44. The highest BCUT2D eigenvalue weighted by Gasteiger charge is 2.20. The summed E-state index contributed by atoms with van der Waals surface area (Å²) in [5.41, 5.74) is 3.89. The first-order valence-corrected chi connectivity index (χ1v) is 12.6. The van der Waals surface area contributed by atoms with Crippen LogP contribution in [0.2, 0.25) is 5.02 Å². The van der Waals surface area contributed by atoms with Crippen LogP contribution >= 0.6 is 11.6 Å². The van der Waals surface area contributed by atoms with E-state index in [-0.39, 0.29) is 18.5 Å². The van der Waals surface area contributed by atoms with Crippen LogP contribution in [0.4, 0.5) is 5.69 Å². The van der Waals surface area contributed by atoms with Gasteiger partial charge in [0.15, 0.2) is 0 Å². The van der Waals surface area contributed by atoms with E-state index in [2.05, 4.69) is 24.4 Å². The summed E-state index contributed by atoms with van der Waals surface area (Å²) >= 11 is 6.21. The zero-order valence-corrected chi connectivity index (χ0v) is 20.0. The molecule has 0 saturated heterocycles. The van der Waals surface area contributed by atoms with Gasteiger partial charge in [0, 0.05) is 10.6 Å². The maximum Gasteiger partial charge on any atom is 0.251 e. The molecule has 168 valence electrons. The minimum Gasteiger partial charge on any atom is -0.346 e. The van der Waals surface area contributed by atoms with Gasteiger partial charge in [-0.1, -0.05) is 61.0 Å². The predicted molar refractivity (Wildman–Crippen MR) is 131 cm³/mol. The van der Waals surface area contributed by atoms with E-state index < -0.39 is 10.0 Å². The van der Waals surface area contributed by atoms with Crippen LogP contribution in [0.5, 0.6) is 0 Å². The summed E-state index contributed by atoms with van der Waals surface area (Å²) in [5, 5.41) is 3.49. The third-order valence-electron chi connectivity index (χ3n) is 5.33. The average molecular weight is 471 g/mol. The number of nitrogens with one attached hydrogen (secondary N) is 1.